The van der Waals surface area contributed by atoms with Crippen LogP contribution in [0.4, 0.5) is 11.9 Å². The summed E-state index contributed by atoms with van der Waals surface area (Å²) in [6.07, 6.45) is 4.65. The second-order valence-corrected chi connectivity index (χ2v) is 11.0. The molecule has 2 aliphatic heterocycles. The van der Waals surface area contributed by atoms with Gasteiger partial charge in [0.1, 0.15) is 0 Å². The number of thiophene rings is 1. The zero-order chi connectivity index (χ0) is 23.0. The molecule has 0 unspecified atom stereocenters. The van der Waals surface area contributed by atoms with Crippen LogP contribution >= 0.6 is 11.3 Å². The number of aromatic nitrogens is 4. The van der Waals surface area contributed by atoms with Crippen molar-refractivity contribution in [2.75, 3.05) is 69.4 Å². The Morgan fingerprint density at radius 3 is 2.42 bits per heavy atom. The van der Waals surface area contributed by atoms with Crippen LogP contribution in [-0.2, 0) is 21.3 Å². The van der Waals surface area contributed by atoms with Crippen LogP contribution in [-0.4, -0.2) is 96.3 Å². The third-order valence-electron chi connectivity index (χ3n) is 5.91. The van der Waals surface area contributed by atoms with E-state index in [0.29, 0.717) is 51.9 Å². The normalized spacial score (nSPS) is 18.8. The highest BCUT2D eigenvalue weighted by atomic mass is 32.2. The van der Waals surface area contributed by atoms with Gasteiger partial charge in [0.2, 0.25) is 21.9 Å². The van der Waals surface area contributed by atoms with Crippen LogP contribution in [0.15, 0.2) is 17.8 Å². The van der Waals surface area contributed by atoms with E-state index in [-0.39, 0.29) is 5.95 Å². The minimum absolute atomic E-state index is 0.220. The summed E-state index contributed by atoms with van der Waals surface area (Å²) in [5.74, 6) is 0.886. The van der Waals surface area contributed by atoms with Crippen molar-refractivity contribution in [2.45, 2.75) is 6.54 Å². The van der Waals surface area contributed by atoms with Crippen molar-refractivity contribution in [3.8, 4) is 11.3 Å². The number of hydrogen-bond acceptors (Lipinski definition) is 11. The van der Waals surface area contributed by atoms with Gasteiger partial charge in [-0.2, -0.15) is 4.31 Å². The van der Waals surface area contributed by atoms with Gasteiger partial charge in [0.15, 0.2) is 0 Å². The molecular weight excluding hydrogens is 464 g/mol. The van der Waals surface area contributed by atoms with Crippen molar-refractivity contribution in [1.82, 2.24) is 29.1 Å². The van der Waals surface area contributed by atoms with E-state index in [1.807, 2.05) is 0 Å². The fraction of sp³-hybridized carbons (Fsp3) is 0.500. The Morgan fingerprint density at radius 1 is 1.06 bits per heavy atom. The second kappa shape index (κ2) is 9.06. The average Bonchev–Trinajstić information content (AvgIpc) is 3.22. The van der Waals surface area contributed by atoms with Crippen LogP contribution in [0.1, 0.15) is 5.56 Å². The Bertz CT molecular complexity index is 1230. The number of rotatable bonds is 5. The predicted molar refractivity (Wildman–Crippen MR) is 128 cm³/mol. The number of nitrogen functional groups attached to an aromatic ring is 1. The molecule has 11 nitrogen and oxygen atoms in total. The molecule has 3 aromatic heterocycles. The molecule has 2 saturated heterocycles. The number of nitrogens with two attached hydrogens (primary N) is 1. The number of piperazine rings is 1. The molecule has 33 heavy (non-hydrogen) atoms. The molecule has 0 spiro atoms. The van der Waals surface area contributed by atoms with Gasteiger partial charge in [0.05, 0.1) is 35.4 Å². The van der Waals surface area contributed by atoms with Crippen molar-refractivity contribution in [1.29, 1.82) is 0 Å². The monoisotopic (exact) mass is 490 g/mol. The first-order chi connectivity index (χ1) is 15.9. The summed E-state index contributed by atoms with van der Waals surface area (Å²) in [6.45, 7) is 5.83. The van der Waals surface area contributed by atoms with Crippen molar-refractivity contribution < 1.29 is 13.2 Å². The second-order valence-electron chi connectivity index (χ2n) is 8.18. The molecule has 2 N–H and O–H groups in total. The van der Waals surface area contributed by atoms with Crippen molar-refractivity contribution in [3.05, 3.63) is 23.3 Å². The van der Waals surface area contributed by atoms with Gasteiger partial charge in [-0.05, 0) is 5.38 Å². The number of hydrogen-bond donors (Lipinski definition) is 1. The molecule has 0 aromatic carbocycles. The summed E-state index contributed by atoms with van der Waals surface area (Å²) in [7, 11) is -3.15. The number of morpholine rings is 1. The molecule has 0 amide bonds. The average molecular weight is 491 g/mol. The van der Waals surface area contributed by atoms with Crippen LogP contribution in [0.5, 0.6) is 0 Å². The molecule has 5 heterocycles. The molecule has 2 fully saturated rings. The maximum atomic E-state index is 11.8. The van der Waals surface area contributed by atoms with Crippen molar-refractivity contribution in [2.24, 2.45) is 0 Å². The lowest BCUT2D eigenvalue weighted by atomic mass is 10.2. The SMILES string of the molecule is CS(=O)(=O)N1CCN(Cc2csc3c(-c4cnc(N)nc4)nc(N4CCOCC4)nc23)CC1. The van der Waals surface area contributed by atoms with Gasteiger partial charge in [-0.15, -0.1) is 11.3 Å². The third kappa shape index (κ3) is 4.77. The maximum absolute atomic E-state index is 11.8. The minimum Gasteiger partial charge on any atom is -0.378 e. The summed E-state index contributed by atoms with van der Waals surface area (Å²) in [5, 5.41) is 2.12. The van der Waals surface area contributed by atoms with E-state index in [0.717, 1.165) is 40.1 Å². The molecular formula is C20H26N8O3S2. The quantitative estimate of drug-likeness (QED) is 0.544. The maximum Gasteiger partial charge on any atom is 0.226 e. The Kier molecular flexibility index (Phi) is 6.14. The van der Waals surface area contributed by atoms with E-state index < -0.39 is 10.0 Å². The van der Waals surface area contributed by atoms with E-state index in [4.69, 9.17) is 20.4 Å². The highest BCUT2D eigenvalue weighted by molar-refractivity contribution is 7.88. The number of anilines is 2. The van der Waals surface area contributed by atoms with E-state index in [1.165, 1.54) is 10.6 Å². The highest BCUT2D eigenvalue weighted by Gasteiger charge is 2.25. The Labute approximate surface area is 196 Å². The predicted octanol–water partition coefficient (Wildman–Crippen LogP) is 0.644. The molecule has 0 bridgehead atoms. The number of nitrogens with zero attached hydrogens (tertiary/aromatic N) is 7. The minimum atomic E-state index is -3.15. The Morgan fingerprint density at radius 2 is 1.76 bits per heavy atom. The van der Waals surface area contributed by atoms with Crippen molar-refractivity contribution in [3.63, 3.8) is 0 Å². The molecule has 0 atom stereocenters. The fourth-order valence-electron chi connectivity index (χ4n) is 4.09. The molecule has 5 rings (SSSR count). The Balaban J connectivity index is 1.48. The first-order valence-electron chi connectivity index (χ1n) is 10.7. The zero-order valence-corrected chi connectivity index (χ0v) is 20.0. The van der Waals surface area contributed by atoms with Gasteiger partial charge < -0.3 is 15.4 Å². The van der Waals surface area contributed by atoms with Crippen LogP contribution in [0.3, 0.4) is 0 Å². The standard InChI is InChI=1S/C20H26N8O3S2/c1-33(29,30)28-4-2-26(3-5-28)12-15-13-32-18-16(14-10-22-19(21)23-11-14)24-20(25-17(15)18)27-6-8-31-9-7-27/h10-11,13H,2-9,12H2,1H3,(H2,21,22,23). The van der Waals surface area contributed by atoms with E-state index in [2.05, 4.69) is 25.1 Å². The lowest BCUT2D eigenvalue weighted by Crippen LogP contribution is -2.47. The first kappa shape index (κ1) is 22.3. The summed E-state index contributed by atoms with van der Waals surface area (Å²) >= 11 is 1.60. The summed E-state index contributed by atoms with van der Waals surface area (Å²) < 4.78 is 31.7. The van der Waals surface area contributed by atoms with Gasteiger partial charge in [-0.25, -0.2) is 28.4 Å². The van der Waals surface area contributed by atoms with E-state index in [9.17, 15) is 8.42 Å². The van der Waals surface area contributed by atoms with Gasteiger partial charge in [-0.3, -0.25) is 4.90 Å². The van der Waals surface area contributed by atoms with Gasteiger partial charge >= 0.3 is 0 Å². The van der Waals surface area contributed by atoms with E-state index >= 15 is 0 Å². The molecule has 176 valence electrons. The summed E-state index contributed by atoms with van der Waals surface area (Å²) in [6, 6.07) is 0. The third-order valence-corrected chi connectivity index (χ3v) is 8.24. The summed E-state index contributed by atoms with van der Waals surface area (Å²) in [4.78, 5) is 22.5. The van der Waals surface area contributed by atoms with Crippen LogP contribution in [0, 0.1) is 0 Å². The number of fused-ring (bicyclic) bond motifs is 1. The molecule has 0 saturated carbocycles. The molecule has 13 heteroatoms. The largest absolute Gasteiger partial charge is 0.378 e. The zero-order valence-electron chi connectivity index (χ0n) is 18.3. The summed E-state index contributed by atoms with van der Waals surface area (Å²) in [5.41, 5.74) is 9.29. The topological polar surface area (TPSA) is 131 Å². The smallest absolute Gasteiger partial charge is 0.226 e. The lowest BCUT2D eigenvalue weighted by molar-refractivity contribution is 0.122. The van der Waals surface area contributed by atoms with Gasteiger partial charge in [0, 0.05) is 69.3 Å². The first-order valence-corrected chi connectivity index (χ1v) is 13.5. The van der Waals surface area contributed by atoms with Crippen molar-refractivity contribution >= 4 is 43.5 Å². The van der Waals surface area contributed by atoms with E-state index in [1.54, 1.807) is 23.7 Å². The van der Waals surface area contributed by atoms with Crippen LogP contribution in [0.2, 0.25) is 0 Å². The van der Waals surface area contributed by atoms with Crippen LogP contribution < -0.4 is 10.6 Å². The molecule has 0 aliphatic carbocycles. The number of ether oxygens (including phenoxy) is 1. The van der Waals surface area contributed by atoms with Gasteiger partial charge in [0.25, 0.3) is 0 Å². The van der Waals surface area contributed by atoms with Gasteiger partial charge in [-0.1, -0.05) is 0 Å². The fourth-order valence-corrected chi connectivity index (χ4v) is 5.92. The molecule has 0 radical (unpaired) electrons. The van der Waals surface area contributed by atoms with Crippen LogP contribution in [0.25, 0.3) is 21.5 Å². The lowest BCUT2D eigenvalue weighted by Gasteiger charge is -2.33. The Hall–Kier alpha value is -2.45. The highest BCUT2D eigenvalue weighted by Crippen LogP contribution is 2.35. The number of sulfonamides is 1. The molecule has 3 aromatic rings. The molecule has 2 aliphatic rings.